The Balaban J connectivity index is 2.76. The Hall–Kier alpha value is -1.28. The molecule has 0 spiro atoms. The lowest BCUT2D eigenvalue weighted by atomic mass is 10.3. The third-order valence-corrected chi connectivity index (χ3v) is 3.53. The quantitative estimate of drug-likeness (QED) is 0.799. The van der Waals surface area contributed by atoms with Gasteiger partial charge in [-0.15, -0.1) is 4.68 Å². The predicted octanol–water partition coefficient (Wildman–Crippen LogP) is 3.03. The van der Waals surface area contributed by atoms with Crippen LogP contribution in [0.1, 0.15) is 11.6 Å². The summed E-state index contributed by atoms with van der Waals surface area (Å²) in [6.45, 7) is 1.84. The molecule has 0 bridgehead atoms. The van der Waals surface area contributed by atoms with Crippen molar-refractivity contribution in [1.29, 1.82) is 5.26 Å². The molecule has 4 nitrogen and oxygen atoms in total. The van der Waals surface area contributed by atoms with E-state index in [0.717, 1.165) is 5.82 Å². The fourth-order valence-electron chi connectivity index (χ4n) is 1.83. The van der Waals surface area contributed by atoms with E-state index in [1.807, 2.05) is 14.0 Å². The summed E-state index contributed by atoms with van der Waals surface area (Å²) in [5.74, 6) is 1.33. The van der Waals surface area contributed by atoms with E-state index in [4.69, 9.17) is 40.1 Å². The molecule has 1 heterocycles. The lowest BCUT2D eigenvalue weighted by Crippen LogP contribution is -2.41. The number of hydrogen-bond donors (Lipinski definition) is 0. The lowest BCUT2D eigenvalue weighted by Gasteiger charge is -2.09. The number of rotatable bonds is 2. The van der Waals surface area contributed by atoms with Crippen molar-refractivity contribution in [2.75, 3.05) is 0 Å². The molecule has 98 valence electrons. The third kappa shape index (κ3) is 2.55. The largest absolute Gasteiger partial charge is 0.316 e. The van der Waals surface area contributed by atoms with Crippen molar-refractivity contribution in [3.05, 3.63) is 38.8 Å². The van der Waals surface area contributed by atoms with Crippen LogP contribution < -0.4 is 4.68 Å². The van der Waals surface area contributed by atoms with Crippen LogP contribution in [0.4, 0.5) is 0 Å². The van der Waals surface area contributed by atoms with E-state index >= 15 is 0 Å². The molecule has 1 aromatic carbocycles. The minimum atomic E-state index is 0.164. The van der Waals surface area contributed by atoms with E-state index in [2.05, 4.69) is 11.1 Å². The molecular formula is C12H10Cl3N4+. The Morgan fingerprint density at radius 3 is 2.42 bits per heavy atom. The summed E-state index contributed by atoms with van der Waals surface area (Å²) in [5, 5.41) is 10.1. The zero-order chi connectivity index (χ0) is 14.2. The number of nitriles is 1. The van der Waals surface area contributed by atoms with Crippen LogP contribution in [0, 0.1) is 18.3 Å². The van der Waals surface area contributed by atoms with Crippen LogP contribution in [0.15, 0.2) is 12.1 Å². The van der Waals surface area contributed by atoms with Crippen molar-refractivity contribution in [2.45, 2.75) is 13.3 Å². The molecular weight excluding hydrogens is 307 g/mol. The van der Waals surface area contributed by atoms with Crippen LogP contribution in [0.5, 0.6) is 0 Å². The molecule has 0 amide bonds. The standard InChI is InChI=1S/C12H10Cl3N4/c1-7-17-11(3-4-16)19(18(7)2)12-9(14)5-8(13)6-10(12)15/h5-6H,3H2,1-2H3/q+1. The van der Waals surface area contributed by atoms with Gasteiger partial charge in [-0.25, -0.2) is 0 Å². The normalized spacial score (nSPS) is 10.5. The maximum Gasteiger partial charge on any atom is 0.316 e. The number of benzene rings is 1. The van der Waals surface area contributed by atoms with Crippen LogP contribution in [-0.2, 0) is 13.5 Å². The Morgan fingerprint density at radius 2 is 1.89 bits per heavy atom. The zero-order valence-electron chi connectivity index (χ0n) is 10.3. The molecule has 0 saturated carbocycles. The molecule has 0 aliphatic rings. The minimum Gasteiger partial charge on any atom is -0.198 e. The highest BCUT2D eigenvalue weighted by atomic mass is 35.5. The number of nitrogens with zero attached hydrogens (tertiary/aromatic N) is 4. The number of aromatic nitrogens is 3. The van der Waals surface area contributed by atoms with Gasteiger partial charge in [0.15, 0.2) is 0 Å². The van der Waals surface area contributed by atoms with Crippen LogP contribution in [-0.4, -0.2) is 9.67 Å². The molecule has 1 aromatic heterocycles. The second kappa shape index (κ2) is 5.38. The highest BCUT2D eigenvalue weighted by Gasteiger charge is 2.24. The topological polar surface area (TPSA) is 45.5 Å². The average Bonchev–Trinajstić information content (AvgIpc) is 2.56. The van der Waals surface area contributed by atoms with Gasteiger partial charge < -0.3 is 0 Å². The van der Waals surface area contributed by atoms with Crippen molar-refractivity contribution < 1.29 is 4.68 Å². The first-order valence-electron chi connectivity index (χ1n) is 5.42. The maximum atomic E-state index is 8.87. The fourth-order valence-corrected chi connectivity index (χ4v) is 2.80. The molecule has 2 rings (SSSR count). The summed E-state index contributed by atoms with van der Waals surface area (Å²) < 4.78 is 3.51. The molecule has 0 radical (unpaired) electrons. The molecule has 7 heteroatoms. The molecule has 0 fully saturated rings. The smallest absolute Gasteiger partial charge is 0.198 e. The van der Waals surface area contributed by atoms with Crippen molar-refractivity contribution in [1.82, 2.24) is 9.67 Å². The molecule has 19 heavy (non-hydrogen) atoms. The summed E-state index contributed by atoms with van der Waals surface area (Å²) in [6.07, 6.45) is 0.164. The Labute approximate surface area is 125 Å². The summed E-state index contributed by atoms with van der Waals surface area (Å²) in [5.41, 5.74) is 0.570. The Bertz CT molecular complexity index is 662. The summed E-state index contributed by atoms with van der Waals surface area (Å²) in [6, 6.07) is 5.29. The molecule has 0 unspecified atom stereocenters. The van der Waals surface area contributed by atoms with Crippen LogP contribution >= 0.6 is 34.8 Å². The molecule has 0 atom stereocenters. The van der Waals surface area contributed by atoms with Gasteiger partial charge in [0.25, 0.3) is 5.82 Å². The second-order valence-corrected chi connectivity index (χ2v) is 5.21. The lowest BCUT2D eigenvalue weighted by molar-refractivity contribution is -0.751. The van der Waals surface area contributed by atoms with Crippen molar-refractivity contribution in [2.24, 2.45) is 7.05 Å². The number of halogens is 3. The van der Waals surface area contributed by atoms with E-state index in [1.165, 1.54) is 0 Å². The highest BCUT2D eigenvalue weighted by molar-refractivity contribution is 6.40. The summed E-state index contributed by atoms with van der Waals surface area (Å²) in [4.78, 5) is 4.33. The van der Waals surface area contributed by atoms with Crippen molar-refractivity contribution in [3.63, 3.8) is 0 Å². The first kappa shape index (κ1) is 14.1. The van der Waals surface area contributed by atoms with Gasteiger partial charge in [0.1, 0.15) is 19.2 Å². The highest BCUT2D eigenvalue weighted by Crippen LogP contribution is 2.32. The Morgan fingerprint density at radius 1 is 1.32 bits per heavy atom. The first-order chi connectivity index (χ1) is 8.95. The van der Waals surface area contributed by atoms with Gasteiger partial charge in [-0.05, 0) is 17.1 Å². The van der Waals surface area contributed by atoms with Crippen LogP contribution in [0.3, 0.4) is 0 Å². The van der Waals surface area contributed by atoms with Gasteiger partial charge >= 0.3 is 5.82 Å². The summed E-state index contributed by atoms with van der Waals surface area (Å²) >= 11 is 18.3. The van der Waals surface area contributed by atoms with Crippen LogP contribution in [0.2, 0.25) is 15.1 Å². The maximum absolute atomic E-state index is 8.87. The molecule has 0 N–H and O–H groups in total. The van der Waals surface area contributed by atoms with Crippen molar-refractivity contribution in [3.8, 4) is 11.8 Å². The molecule has 0 aliphatic carbocycles. The molecule has 0 saturated heterocycles. The second-order valence-electron chi connectivity index (χ2n) is 3.96. The number of aryl methyl sites for hydroxylation is 1. The van der Waals surface area contributed by atoms with E-state index < -0.39 is 0 Å². The van der Waals surface area contributed by atoms with Gasteiger partial charge in [-0.3, -0.25) is 0 Å². The van der Waals surface area contributed by atoms with Gasteiger partial charge in [0.2, 0.25) is 0 Å². The van der Waals surface area contributed by atoms with Gasteiger partial charge in [0.05, 0.1) is 16.1 Å². The molecule has 2 aromatic rings. The Kier molecular flexibility index (Phi) is 4.00. The minimum absolute atomic E-state index is 0.164. The fraction of sp³-hybridized carbons (Fsp3) is 0.250. The van der Waals surface area contributed by atoms with E-state index in [9.17, 15) is 0 Å². The monoisotopic (exact) mass is 315 g/mol. The van der Waals surface area contributed by atoms with Gasteiger partial charge in [-0.1, -0.05) is 34.8 Å². The number of hydrogen-bond acceptors (Lipinski definition) is 2. The van der Waals surface area contributed by atoms with E-state index in [1.54, 1.807) is 21.5 Å². The van der Waals surface area contributed by atoms with Crippen molar-refractivity contribution >= 4 is 34.8 Å². The summed E-state index contributed by atoms with van der Waals surface area (Å²) in [7, 11) is 1.82. The molecule has 0 aliphatic heterocycles. The zero-order valence-corrected chi connectivity index (χ0v) is 12.6. The van der Waals surface area contributed by atoms with Gasteiger partial charge in [-0.2, -0.15) is 9.94 Å². The average molecular weight is 317 g/mol. The first-order valence-corrected chi connectivity index (χ1v) is 6.55. The van der Waals surface area contributed by atoms with Gasteiger partial charge in [0, 0.05) is 11.9 Å². The van der Waals surface area contributed by atoms with E-state index in [0.29, 0.717) is 26.6 Å². The third-order valence-electron chi connectivity index (χ3n) is 2.73. The van der Waals surface area contributed by atoms with E-state index in [-0.39, 0.29) is 6.42 Å². The van der Waals surface area contributed by atoms with Crippen LogP contribution in [0.25, 0.3) is 5.69 Å². The predicted molar refractivity (Wildman–Crippen MR) is 73.8 cm³/mol. The SMILES string of the molecule is Cc1nc(CC#N)n(-c2c(Cl)cc(Cl)cc2Cl)[n+]1C.